The molecular formula is C26H25NO3. The molecule has 0 radical (unpaired) electrons. The van der Waals surface area contributed by atoms with Crippen LogP contribution in [0.5, 0.6) is 0 Å². The highest BCUT2D eigenvalue weighted by Gasteiger charge is 2.26. The third-order valence-electron chi connectivity index (χ3n) is 5.02. The zero-order valence-corrected chi connectivity index (χ0v) is 17.2. The molecule has 1 N–H and O–H groups in total. The Kier molecular flexibility index (Phi) is 6.81. The van der Waals surface area contributed by atoms with E-state index in [1.807, 2.05) is 84.9 Å². The van der Waals surface area contributed by atoms with Crippen molar-refractivity contribution in [2.45, 2.75) is 26.4 Å². The summed E-state index contributed by atoms with van der Waals surface area (Å²) in [5.74, 6) is -1.32. The van der Waals surface area contributed by atoms with E-state index in [1.165, 1.54) is 11.8 Å². The van der Waals surface area contributed by atoms with Gasteiger partial charge in [-0.1, -0.05) is 84.9 Å². The molecule has 3 aromatic rings. The molecule has 0 aliphatic heterocycles. The minimum atomic E-state index is -1.03. The Morgan fingerprint density at radius 3 is 1.97 bits per heavy atom. The lowest BCUT2D eigenvalue weighted by Crippen LogP contribution is -2.43. The van der Waals surface area contributed by atoms with Crippen LogP contribution in [0.3, 0.4) is 0 Å². The number of carboxylic acid groups (broad SMARTS) is 1. The van der Waals surface area contributed by atoms with E-state index in [0.29, 0.717) is 5.57 Å². The van der Waals surface area contributed by atoms with Crippen LogP contribution in [-0.2, 0) is 16.1 Å². The Balaban J connectivity index is 1.81. The van der Waals surface area contributed by atoms with Gasteiger partial charge >= 0.3 is 5.97 Å². The third-order valence-corrected chi connectivity index (χ3v) is 5.02. The average Bonchev–Trinajstić information content (AvgIpc) is 2.78. The molecule has 0 aliphatic rings. The van der Waals surface area contributed by atoms with Crippen LogP contribution in [0.15, 0.2) is 90.5 Å². The number of benzene rings is 3. The molecule has 0 saturated carbocycles. The molecule has 3 rings (SSSR count). The number of nitrogens with zero attached hydrogens (tertiary/aromatic N) is 1. The molecule has 0 spiro atoms. The van der Waals surface area contributed by atoms with Crippen molar-refractivity contribution >= 4 is 18.0 Å². The number of amides is 1. The van der Waals surface area contributed by atoms with E-state index in [4.69, 9.17) is 0 Å². The van der Waals surface area contributed by atoms with Crippen LogP contribution in [0.2, 0.25) is 0 Å². The van der Waals surface area contributed by atoms with E-state index in [0.717, 1.165) is 22.3 Å². The first-order valence-corrected chi connectivity index (χ1v) is 9.87. The van der Waals surface area contributed by atoms with Crippen LogP contribution in [0, 0.1) is 0 Å². The minimum absolute atomic E-state index is 0.241. The van der Waals surface area contributed by atoms with Crippen molar-refractivity contribution in [1.82, 2.24) is 4.90 Å². The van der Waals surface area contributed by atoms with E-state index in [1.54, 1.807) is 13.0 Å². The number of hydrogen-bond acceptors (Lipinski definition) is 2. The number of carbonyl (C=O) groups is 2. The lowest BCUT2D eigenvalue weighted by Gasteiger charge is -2.27. The average molecular weight is 399 g/mol. The summed E-state index contributed by atoms with van der Waals surface area (Å²) in [6.45, 7) is 3.50. The van der Waals surface area contributed by atoms with Gasteiger partial charge in [-0.3, -0.25) is 4.79 Å². The molecule has 30 heavy (non-hydrogen) atoms. The van der Waals surface area contributed by atoms with E-state index in [2.05, 4.69) is 0 Å². The number of carbonyl (C=O) groups excluding carboxylic acids is 1. The second-order valence-corrected chi connectivity index (χ2v) is 7.25. The second kappa shape index (κ2) is 9.70. The molecular weight excluding hydrogens is 374 g/mol. The predicted octanol–water partition coefficient (Wildman–Crippen LogP) is 5.26. The summed E-state index contributed by atoms with van der Waals surface area (Å²) in [7, 11) is 0. The third kappa shape index (κ3) is 5.23. The van der Waals surface area contributed by atoms with Gasteiger partial charge in [0, 0.05) is 12.1 Å². The summed E-state index contributed by atoms with van der Waals surface area (Å²) in [6, 6.07) is 26.5. The number of carboxylic acids is 1. The molecule has 0 heterocycles. The SMILES string of the molecule is CC(=Cc1ccc(-c2ccccc2)cc1)C(=O)N(Cc1ccccc1)[C@@H](C)C(=O)O. The largest absolute Gasteiger partial charge is 0.480 e. The Hall–Kier alpha value is -3.66. The fourth-order valence-electron chi connectivity index (χ4n) is 3.24. The minimum Gasteiger partial charge on any atom is -0.480 e. The van der Waals surface area contributed by atoms with Crippen molar-refractivity contribution in [3.8, 4) is 11.1 Å². The highest BCUT2D eigenvalue weighted by molar-refractivity contribution is 5.99. The molecule has 0 aromatic heterocycles. The van der Waals surface area contributed by atoms with Gasteiger partial charge in [0.1, 0.15) is 6.04 Å². The van der Waals surface area contributed by atoms with Gasteiger partial charge in [0.2, 0.25) is 0 Å². The molecule has 3 aromatic carbocycles. The summed E-state index contributed by atoms with van der Waals surface area (Å²) < 4.78 is 0. The number of hydrogen-bond donors (Lipinski definition) is 1. The maximum Gasteiger partial charge on any atom is 0.326 e. The summed E-state index contributed by atoms with van der Waals surface area (Å²) in [5, 5.41) is 9.48. The van der Waals surface area contributed by atoms with Gasteiger partial charge in [-0.05, 0) is 42.2 Å². The maximum absolute atomic E-state index is 13.1. The number of aliphatic carboxylic acids is 1. The van der Waals surface area contributed by atoms with Crippen molar-refractivity contribution in [2.75, 3.05) is 0 Å². The van der Waals surface area contributed by atoms with Crippen molar-refractivity contribution in [3.63, 3.8) is 0 Å². The smallest absolute Gasteiger partial charge is 0.326 e. The molecule has 1 amide bonds. The fraction of sp³-hybridized carbons (Fsp3) is 0.154. The molecule has 0 bridgehead atoms. The van der Waals surface area contributed by atoms with Gasteiger partial charge in [-0.15, -0.1) is 0 Å². The highest BCUT2D eigenvalue weighted by atomic mass is 16.4. The molecule has 152 valence electrons. The summed E-state index contributed by atoms with van der Waals surface area (Å²) in [4.78, 5) is 26.0. The maximum atomic E-state index is 13.1. The van der Waals surface area contributed by atoms with E-state index < -0.39 is 12.0 Å². The standard InChI is InChI=1S/C26H25NO3/c1-19(17-21-13-15-24(16-14-21)23-11-7-4-8-12-23)25(28)27(20(2)26(29)30)18-22-9-5-3-6-10-22/h3-17,20H,18H2,1-2H3,(H,29,30)/t20-/m0/s1. The summed E-state index contributed by atoms with van der Waals surface area (Å²) >= 11 is 0. The molecule has 0 unspecified atom stereocenters. The second-order valence-electron chi connectivity index (χ2n) is 7.25. The van der Waals surface area contributed by atoms with Gasteiger partial charge in [0.15, 0.2) is 0 Å². The van der Waals surface area contributed by atoms with Crippen molar-refractivity contribution < 1.29 is 14.7 Å². The molecule has 0 saturated heterocycles. The van der Waals surface area contributed by atoms with Crippen LogP contribution in [0.25, 0.3) is 17.2 Å². The Morgan fingerprint density at radius 2 is 1.40 bits per heavy atom. The zero-order valence-electron chi connectivity index (χ0n) is 17.2. The van der Waals surface area contributed by atoms with Crippen LogP contribution < -0.4 is 0 Å². The summed E-state index contributed by atoms with van der Waals surface area (Å²) in [6.07, 6.45) is 1.80. The molecule has 4 nitrogen and oxygen atoms in total. The zero-order chi connectivity index (χ0) is 21.5. The highest BCUT2D eigenvalue weighted by Crippen LogP contribution is 2.21. The van der Waals surface area contributed by atoms with Crippen molar-refractivity contribution in [1.29, 1.82) is 0 Å². The van der Waals surface area contributed by atoms with E-state index >= 15 is 0 Å². The van der Waals surface area contributed by atoms with Crippen LogP contribution in [-0.4, -0.2) is 27.9 Å². The predicted molar refractivity (Wildman–Crippen MR) is 120 cm³/mol. The molecule has 1 atom stereocenters. The monoisotopic (exact) mass is 399 g/mol. The first-order chi connectivity index (χ1) is 14.5. The van der Waals surface area contributed by atoms with Gasteiger partial charge < -0.3 is 10.0 Å². The first kappa shape index (κ1) is 21.1. The van der Waals surface area contributed by atoms with Gasteiger partial charge in [0.25, 0.3) is 5.91 Å². The quantitative estimate of drug-likeness (QED) is 0.552. The van der Waals surface area contributed by atoms with Crippen LogP contribution >= 0.6 is 0 Å². The molecule has 4 heteroatoms. The topological polar surface area (TPSA) is 57.6 Å². The first-order valence-electron chi connectivity index (χ1n) is 9.87. The van der Waals surface area contributed by atoms with E-state index in [-0.39, 0.29) is 12.5 Å². The Morgan fingerprint density at radius 1 is 0.867 bits per heavy atom. The molecule has 0 aliphatic carbocycles. The fourth-order valence-corrected chi connectivity index (χ4v) is 3.24. The molecule has 0 fully saturated rings. The lowest BCUT2D eigenvalue weighted by atomic mass is 10.0. The summed E-state index contributed by atoms with van der Waals surface area (Å²) in [5.41, 5.74) is 4.50. The van der Waals surface area contributed by atoms with Crippen LogP contribution in [0.4, 0.5) is 0 Å². The van der Waals surface area contributed by atoms with Gasteiger partial charge in [-0.2, -0.15) is 0 Å². The van der Waals surface area contributed by atoms with Gasteiger partial charge in [-0.25, -0.2) is 4.79 Å². The van der Waals surface area contributed by atoms with Crippen molar-refractivity contribution in [2.24, 2.45) is 0 Å². The van der Waals surface area contributed by atoms with Crippen LogP contribution in [0.1, 0.15) is 25.0 Å². The lowest BCUT2D eigenvalue weighted by molar-refractivity contribution is -0.148. The normalized spacial score (nSPS) is 12.3. The van der Waals surface area contributed by atoms with Crippen molar-refractivity contribution in [3.05, 3.63) is 102 Å². The van der Waals surface area contributed by atoms with E-state index in [9.17, 15) is 14.7 Å². The number of rotatable bonds is 7. The van der Waals surface area contributed by atoms with Gasteiger partial charge in [0.05, 0.1) is 0 Å². The Labute approximate surface area is 177 Å². The Bertz CT molecular complexity index is 1020.